The molecule has 1 aliphatic heterocycles. The Labute approximate surface area is 157 Å². The molecule has 142 valence electrons. The van der Waals surface area contributed by atoms with Gasteiger partial charge >= 0.3 is 6.09 Å². The molecule has 26 heavy (non-hydrogen) atoms. The Morgan fingerprint density at radius 3 is 2.31 bits per heavy atom. The van der Waals surface area contributed by atoms with E-state index in [4.69, 9.17) is 9.16 Å². The Kier molecular flexibility index (Phi) is 7.17. The molecule has 0 aromatic heterocycles. The third-order valence-corrected chi connectivity index (χ3v) is 9.85. The summed E-state index contributed by atoms with van der Waals surface area (Å²) < 4.78 is 11.6. The number of hydrogen-bond donors (Lipinski definition) is 0. The van der Waals surface area contributed by atoms with Crippen LogP contribution in [0.2, 0.25) is 18.1 Å². The molecule has 2 rings (SSSR count). The fourth-order valence-electron chi connectivity index (χ4n) is 3.31. The minimum Gasteiger partial charge on any atom is -0.445 e. The molecule has 2 unspecified atom stereocenters. The van der Waals surface area contributed by atoms with Gasteiger partial charge in [0.2, 0.25) is 0 Å². The number of imide groups is 1. The Bertz CT molecular complexity index is 634. The van der Waals surface area contributed by atoms with Gasteiger partial charge in [-0.05, 0) is 30.6 Å². The normalized spacial score (nSPS) is 20.3. The zero-order chi connectivity index (χ0) is 19.2. The van der Waals surface area contributed by atoms with Gasteiger partial charge in [-0.15, -0.1) is 0 Å². The van der Waals surface area contributed by atoms with Crippen molar-refractivity contribution in [3.05, 3.63) is 48.0 Å². The molecule has 5 nitrogen and oxygen atoms in total. The average Bonchev–Trinajstić information content (AvgIpc) is 2.68. The molecule has 1 fully saturated rings. The molecule has 1 saturated heterocycles. The largest absolute Gasteiger partial charge is 0.445 e. The summed E-state index contributed by atoms with van der Waals surface area (Å²) in [6.07, 6.45) is 2.32. The highest BCUT2D eigenvalue weighted by Crippen LogP contribution is 2.40. The first kappa shape index (κ1) is 20.4. The van der Waals surface area contributed by atoms with Gasteiger partial charge in [0.05, 0.1) is 0 Å². The summed E-state index contributed by atoms with van der Waals surface area (Å²) in [5, 5.41) is 0. The predicted octanol–water partition coefficient (Wildman–Crippen LogP) is 4.67. The summed E-state index contributed by atoms with van der Waals surface area (Å²) >= 11 is 0. The highest BCUT2D eigenvalue weighted by atomic mass is 28.4. The number of hydrogen-bond acceptors (Lipinski definition) is 4. The van der Waals surface area contributed by atoms with Crippen LogP contribution in [0.5, 0.6) is 0 Å². The molecule has 0 saturated carbocycles. The molecule has 1 aliphatic rings. The average molecular weight is 376 g/mol. The Morgan fingerprint density at radius 1 is 1.15 bits per heavy atom. The zero-order valence-electron chi connectivity index (χ0n) is 16.1. The molecule has 0 bridgehead atoms. The number of rotatable bonds is 8. The molecule has 6 heteroatoms. The molecular formula is C20H29NO4Si. The second-order valence-electron chi connectivity index (χ2n) is 6.49. The van der Waals surface area contributed by atoms with Gasteiger partial charge in [-0.25, -0.2) is 9.69 Å². The van der Waals surface area contributed by atoms with Crippen LogP contribution in [-0.4, -0.2) is 37.9 Å². The van der Waals surface area contributed by atoms with E-state index in [0.717, 1.165) is 23.7 Å². The topological polar surface area (TPSA) is 55.8 Å². The third kappa shape index (κ3) is 4.07. The van der Waals surface area contributed by atoms with Crippen molar-refractivity contribution in [1.29, 1.82) is 0 Å². The van der Waals surface area contributed by atoms with Crippen LogP contribution in [-0.2, 0) is 14.0 Å². The van der Waals surface area contributed by atoms with Gasteiger partial charge in [-0.1, -0.05) is 63.3 Å². The lowest BCUT2D eigenvalue weighted by atomic mass is 9.91. The van der Waals surface area contributed by atoms with E-state index >= 15 is 0 Å². The van der Waals surface area contributed by atoms with Crippen LogP contribution in [0.1, 0.15) is 39.3 Å². The number of carbonyl (C=O) groups is 2. The lowest BCUT2D eigenvalue weighted by Gasteiger charge is -2.48. The number of allylic oxidation sites excluding steroid dienone is 1. The molecule has 0 N–H and O–H groups in total. The molecule has 1 heterocycles. The van der Waals surface area contributed by atoms with Crippen LogP contribution in [0.3, 0.4) is 0 Å². The summed E-state index contributed by atoms with van der Waals surface area (Å²) in [7, 11) is -1.97. The summed E-state index contributed by atoms with van der Waals surface area (Å²) in [5.74, 6) is -0.295. The van der Waals surface area contributed by atoms with Crippen LogP contribution < -0.4 is 0 Å². The summed E-state index contributed by atoms with van der Waals surface area (Å²) in [6.45, 7) is 8.39. The predicted molar refractivity (Wildman–Crippen MR) is 104 cm³/mol. The van der Waals surface area contributed by atoms with Crippen molar-refractivity contribution in [2.24, 2.45) is 0 Å². The smallest absolute Gasteiger partial charge is 0.417 e. The molecular weight excluding hydrogens is 346 g/mol. The number of β-lactam (4-membered cyclic amide) rings is 1. The molecule has 1 aromatic carbocycles. The van der Waals surface area contributed by atoms with E-state index < -0.39 is 26.6 Å². The van der Waals surface area contributed by atoms with Gasteiger partial charge in [0.1, 0.15) is 12.6 Å². The van der Waals surface area contributed by atoms with Crippen LogP contribution in [0, 0.1) is 0 Å². The summed E-state index contributed by atoms with van der Waals surface area (Å²) in [4.78, 5) is 26.4. The first-order valence-corrected chi connectivity index (χ1v) is 11.9. The zero-order valence-corrected chi connectivity index (χ0v) is 17.1. The van der Waals surface area contributed by atoms with Crippen LogP contribution in [0.15, 0.2) is 42.5 Å². The van der Waals surface area contributed by atoms with Gasteiger partial charge in [-0.2, -0.15) is 0 Å². The first-order valence-electron chi connectivity index (χ1n) is 9.37. The van der Waals surface area contributed by atoms with Gasteiger partial charge in [-0.3, -0.25) is 4.79 Å². The van der Waals surface area contributed by atoms with Gasteiger partial charge in [0.15, 0.2) is 14.4 Å². The van der Waals surface area contributed by atoms with E-state index in [0.29, 0.717) is 0 Å². The van der Waals surface area contributed by atoms with Crippen LogP contribution in [0.4, 0.5) is 4.79 Å². The second kappa shape index (κ2) is 9.14. The Hall–Kier alpha value is -1.92. The summed E-state index contributed by atoms with van der Waals surface area (Å²) in [5.41, 5.74) is 0.895. The van der Waals surface area contributed by atoms with E-state index in [-0.39, 0.29) is 12.5 Å². The Balaban J connectivity index is 2.25. The van der Waals surface area contributed by atoms with Crippen molar-refractivity contribution >= 4 is 20.3 Å². The van der Waals surface area contributed by atoms with Crippen molar-refractivity contribution < 1.29 is 18.8 Å². The maximum absolute atomic E-state index is 12.7. The van der Waals surface area contributed by atoms with Gasteiger partial charge in [0.25, 0.3) is 5.91 Å². The van der Waals surface area contributed by atoms with E-state index in [1.807, 2.05) is 37.3 Å². The molecule has 2 atom stereocenters. The second-order valence-corrected chi connectivity index (χ2v) is 11.2. The van der Waals surface area contributed by atoms with Gasteiger partial charge < -0.3 is 9.16 Å². The van der Waals surface area contributed by atoms with Crippen LogP contribution in [0.25, 0.3) is 0 Å². The number of ether oxygens (including phenoxy) is 1. The fourth-order valence-corrected chi connectivity index (χ4v) is 6.08. The fraction of sp³-hybridized carbons (Fsp3) is 0.500. The Morgan fingerprint density at radius 2 is 1.77 bits per heavy atom. The third-order valence-electron chi connectivity index (χ3n) is 5.23. The quantitative estimate of drug-likeness (QED) is 0.376. The van der Waals surface area contributed by atoms with E-state index in [1.54, 1.807) is 12.2 Å². The standard InChI is InChI=1S/C20H29NO4Si/c1-5-9-15-24-20(23)21-17(16-13-11-10-12-14-16)18(19(21)22)25-26(6-2,7-3)8-4/h5,9-14,17-18H,6-8,15H2,1-4H3/b9-5-. The molecule has 0 spiro atoms. The maximum atomic E-state index is 12.7. The minimum atomic E-state index is -1.97. The minimum absolute atomic E-state index is 0.156. The first-order chi connectivity index (χ1) is 12.5. The van der Waals surface area contributed by atoms with E-state index in [9.17, 15) is 9.59 Å². The number of amides is 2. The highest BCUT2D eigenvalue weighted by Gasteiger charge is 2.55. The van der Waals surface area contributed by atoms with Crippen molar-refractivity contribution in [1.82, 2.24) is 4.90 Å². The van der Waals surface area contributed by atoms with Gasteiger partial charge in [0, 0.05) is 0 Å². The highest BCUT2D eigenvalue weighted by molar-refractivity contribution is 6.73. The van der Waals surface area contributed by atoms with Crippen molar-refractivity contribution in [3.63, 3.8) is 0 Å². The molecule has 1 aromatic rings. The number of likely N-dealkylation sites (tertiary alicyclic amines) is 1. The van der Waals surface area contributed by atoms with Crippen molar-refractivity contribution in [2.45, 2.75) is 58.0 Å². The summed E-state index contributed by atoms with van der Waals surface area (Å²) in [6, 6.07) is 12.0. The van der Waals surface area contributed by atoms with Crippen LogP contribution >= 0.6 is 0 Å². The van der Waals surface area contributed by atoms with E-state index in [2.05, 4.69) is 20.8 Å². The number of nitrogens with zero attached hydrogens (tertiary/aromatic N) is 1. The number of benzene rings is 1. The van der Waals surface area contributed by atoms with Crippen molar-refractivity contribution in [3.8, 4) is 0 Å². The van der Waals surface area contributed by atoms with E-state index in [1.165, 1.54) is 4.90 Å². The lowest BCUT2D eigenvalue weighted by Crippen LogP contribution is -2.64. The number of carbonyl (C=O) groups excluding carboxylic acids is 2. The molecule has 0 radical (unpaired) electrons. The SMILES string of the molecule is C/C=C\COC(=O)N1C(=O)C(O[Si](CC)(CC)CC)C1c1ccccc1. The monoisotopic (exact) mass is 375 g/mol. The van der Waals surface area contributed by atoms with Crippen molar-refractivity contribution in [2.75, 3.05) is 6.61 Å². The molecule has 2 amide bonds. The maximum Gasteiger partial charge on any atom is 0.417 e. The molecule has 0 aliphatic carbocycles. The lowest BCUT2D eigenvalue weighted by molar-refractivity contribution is -0.160.